The normalized spacial score (nSPS) is 11.3. The van der Waals surface area contributed by atoms with E-state index in [9.17, 15) is 18.0 Å². The van der Waals surface area contributed by atoms with Crippen molar-refractivity contribution in [2.24, 2.45) is 0 Å². The van der Waals surface area contributed by atoms with Crippen LogP contribution < -0.4 is 14.2 Å². The van der Waals surface area contributed by atoms with Crippen LogP contribution in [0.3, 0.4) is 0 Å². The third-order valence-corrected chi connectivity index (χ3v) is 5.85. The number of pyridine rings is 1. The van der Waals surface area contributed by atoms with Crippen LogP contribution in [0.5, 0.6) is 23.0 Å². The van der Waals surface area contributed by atoms with Crippen molar-refractivity contribution in [3.05, 3.63) is 76.9 Å². The number of nitrogens with zero attached hydrogens (tertiary/aromatic N) is 1. The Morgan fingerprint density at radius 1 is 0.947 bits per heavy atom. The topological polar surface area (TPSA) is 66.9 Å². The molecular weight excluding hydrogens is 523 g/mol. The molecule has 38 heavy (non-hydrogen) atoms. The molecule has 10 heteroatoms. The Kier molecular flexibility index (Phi) is 7.97. The highest BCUT2D eigenvalue weighted by Gasteiger charge is 2.31. The highest BCUT2D eigenvalue weighted by Crippen LogP contribution is 2.41. The Balaban J connectivity index is 1.66. The van der Waals surface area contributed by atoms with Crippen molar-refractivity contribution in [1.29, 1.82) is 0 Å². The number of aryl methyl sites for hydroxylation is 2. The molecule has 0 amide bonds. The van der Waals surface area contributed by atoms with Gasteiger partial charge in [0.2, 0.25) is 0 Å². The average molecular weight is 546 g/mol. The van der Waals surface area contributed by atoms with Crippen LogP contribution in [-0.2, 0) is 4.74 Å². The molecule has 0 atom stereocenters. The zero-order valence-corrected chi connectivity index (χ0v) is 21.4. The Morgan fingerprint density at radius 3 is 2.16 bits per heavy atom. The first-order valence-corrected chi connectivity index (χ1v) is 12.0. The first kappa shape index (κ1) is 27.1. The smallest absolute Gasteiger partial charge is 0.457 e. The number of halogens is 4. The zero-order valence-electron chi connectivity index (χ0n) is 20.7. The number of ether oxygens (including phenoxy) is 4. The first-order chi connectivity index (χ1) is 18.0. The van der Waals surface area contributed by atoms with Gasteiger partial charge in [0.1, 0.15) is 17.2 Å². The second kappa shape index (κ2) is 11.2. The number of hydrogen-bond donors (Lipinski definition) is 0. The molecule has 0 unspecified atom stereocenters. The van der Waals surface area contributed by atoms with E-state index in [0.29, 0.717) is 50.7 Å². The molecule has 0 aliphatic heterocycles. The van der Waals surface area contributed by atoms with Crippen molar-refractivity contribution in [3.63, 3.8) is 0 Å². The molecule has 198 valence electrons. The predicted molar refractivity (Wildman–Crippen MR) is 137 cm³/mol. The molecule has 4 rings (SSSR count). The zero-order chi connectivity index (χ0) is 27.4. The van der Waals surface area contributed by atoms with Crippen LogP contribution in [0.15, 0.2) is 60.7 Å². The molecule has 3 aromatic carbocycles. The van der Waals surface area contributed by atoms with Gasteiger partial charge < -0.3 is 18.9 Å². The van der Waals surface area contributed by atoms with Crippen molar-refractivity contribution in [2.75, 3.05) is 6.61 Å². The van der Waals surface area contributed by atoms with E-state index in [1.54, 1.807) is 37.3 Å². The molecular formula is C28H23ClF3NO5. The Morgan fingerprint density at radius 2 is 1.55 bits per heavy atom. The lowest BCUT2D eigenvalue weighted by molar-refractivity contribution is -0.274. The Bertz CT molecular complexity index is 1460. The number of hydrogen-bond acceptors (Lipinski definition) is 6. The Hall–Kier alpha value is -3.98. The van der Waals surface area contributed by atoms with Crippen molar-refractivity contribution >= 4 is 28.7 Å². The maximum atomic E-state index is 12.4. The second-order valence-corrected chi connectivity index (χ2v) is 8.77. The van der Waals surface area contributed by atoms with Crippen LogP contribution >= 0.6 is 11.6 Å². The summed E-state index contributed by atoms with van der Waals surface area (Å²) in [6, 6.07) is 15.5. The summed E-state index contributed by atoms with van der Waals surface area (Å²) in [5.74, 6) is 0.681. The molecule has 0 aliphatic carbocycles. The quantitative estimate of drug-likeness (QED) is 0.216. The van der Waals surface area contributed by atoms with Crippen molar-refractivity contribution < 1.29 is 36.9 Å². The average Bonchev–Trinajstić information content (AvgIpc) is 2.85. The molecule has 0 spiro atoms. The van der Waals surface area contributed by atoms with Crippen LogP contribution in [0.25, 0.3) is 22.0 Å². The fraction of sp³-hybridized carbons (Fsp3) is 0.214. The van der Waals surface area contributed by atoms with E-state index in [0.717, 1.165) is 17.7 Å². The van der Waals surface area contributed by atoms with Gasteiger partial charge in [-0.3, -0.25) is 4.98 Å². The number of alkyl halides is 3. The van der Waals surface area contributed by atoms with E-state index >= 15 is 0 Å². The molecule has 0 bridgehead atoms. The Labute approximate surface area is 221 Å². The lowest BCUT2D eigenvalue weighted by atomic mass is 9.99. The van der Waals surface area contributed by atoms with E-state index in [1.165, 1.54) is 12.1 Å². The van der Waals surface area contributed by atoms with Gasteiger partial charge in [0.05, 0.1) is 12.1 Å². The van der Waals surface area contributed by atoms with Gasteiger partial charge in [-0.15, -0.1) is 13.2 Å². The molecule has 0 N–H and O–H groups in total. The van der Waals surface area contributed by atoms with Gasteiger partial charge in [0, 0.05) is 21.7 Å². The summed E-state index contributed by atoms with van der Waals surface area (Å²) in [5, 5.41) is 1.05. The van der Waals surface area contributed by atoms with Crippen LogP contribution in [0, 0.1) is 13.8 Å². The van der Waals surface area contributed by atoms with E-state index in [-0.39, 0.29) is 18.1 Å². The number of carbonyl (C=O) groups excluding carboxylic acids is 1. The number of benzene rings is 3. The maximum absolute atomic E-state index is 12.4. The third-order valence-electron chi connectivity index (χ3n) is 5.44. The van der Waals surface area contributed by atoms with Gasteiger partial charge in [-0.1, -0.05) is 30.7 Å². The van der Waals surface area contributed by atoms with Gasteiger partial charge in [0.15, 0.2) is 5.75 Å². The SMILES string of the molecule is CCCOC(=O)Oc1c(-c2ccc(Oc3ccc(OC(F)(F)F)cc3)cc2)c(C)nc2cc(C)c(Cl)cc12. The monoisotopic (exact) mass is 545 g/mol. The third kappa shape index (κ3) is 6.47. The van der Waals surface area contributed by atoms with Gasteiger partial charge in [-0.25, -0.2) is 4.79 Å². The van der Waals surface area contributed by atoms with E-state index in [1.807, 2.05) is 19.9 Å². The fourth-order valence-corrected chi connectivity index (χ4v) is 3.92. The lowest BCUT2D eigenvalue weighted by Crippen LogP contribution is -2.16. The van der Waals surface area contributed by atoms with Crippen molar-refractivity contribution in [1.82, 2.24) is 4.98 Å². The van der Waals surface area contributed by atoms with E-state index < -0.39 is 12.5 Å². The van der Waals surface area contributed by atoms with E-state index in [4.69, 9.17) is 30.8 Å². The van der Waals surface area contributed by atoms with Gasteiger partial charge >= 0.3 is 12.5 Å². The molecule has 6 nitrogen and oxygen atoms in total. The maximum Gasteiger partial charge on any atom is 0.573 e. The summed E-state index contributed by atoms with van der Waals surface area (Å²) in [5.41, 5.74) is 3.33. The predicted octanol–water partition coefficient (Wildman–Crippen LogP) is 8.79. The fourth-order valence-electron chi connectivity index (χ4n) is 3.76. The molecule has 0 radical (unpaired) electrons. The van der Waals surface area contributed by atoms with E-state index in [2.05, 4.69) is 4.74 Å². The van der Waals surface area contributed by atoms with Crippen LogP contribution in [0.4, 0.5) is 18.0 Å². The lowest BCUT2D eigenvalue weighted by Gasteiger charge is -2.17. The van der Waals surface area contributed by atoms with Gasteiger partial charge in [-0.2, -0.15) is 0 Å². The molecule has 0 fully saturated rings. The molecule has 1 aromatic heterocycles. The number of aromatic nitrogens is 1. The number of carbonyl (C=O) groups is 1. The second-order valence-electron chi connectivity index (χ2n) is 8.37. The van der Waals surface area contributed by atoms with Crippen LogP contribution in [-0.4, -0.2) is 24.1 Å². The van der Waals surface area contributed by atoms with Gasteiger partial charge in [0.25, 0.3) is 0 Å². The summed E-state index contributed by atoms with van der Waals surface area (Å²) in [4.78, 5) is 17.1. The molecule has 0 saturated carbocycles. The summed E-state index contributed by atoms with van der Waals surface area (Å²) in [7, 11) is 0. The molecule has 0 saturated heterocycles. The van der Waals surface area contributed by atoms with Crippen LogP contribution in [0.2, 0.25) is 5.02 Å². The van der Waals surface area contributed by atoms with Crippen molar-refractivity contribution in [2.45, 2.75) is 33.6 Å². The standard InChI is InChI=1S/C28H23ClF3NO5/c1-4-13-35-27(34)37-26-22-15-23(29)16(2)14-24(22)33-17(3)25(26)18-5-7-19(8-6-18)36-20-9-11-21(12-10-20)38-28(30,31)32/h5-12,14-15H,4,13H2,1-3H3. The summed E-state index contributed by atoms with van der Waals surface area (Å²) in [6.45, 7) is 5.75. The molecule has 1 heterocycles. The van der Waals surface area contributed by atoms with Gasteiger partial charge in [-0.05, 0) is 79.9 Å². The van der Waals surface area contributed by atoms with Crippen molar-refractivity contribution in [3.8, 4) is 34.1 Å². The number of rotatable bonds is 7. The first-order valence-electron chi connectivity index (χ1n) is 11.6. The highest BCUT2D eigenvalue weighted by atomic mass is 35.5. The molecule has 4 aromatic rings. The largest absolute Gasteiger partial charge is 0.573 e. The summed E-state index contributed by atoms with van der Waals surface area (Å²) >= 11 is 6.38. The minimum absolute atomic E-state index is 0.214. The number of fused-ring (bicyclic) bond motifs is 1. The van der Waals surface area contributed by atoms with Crippen LogP contribution in [0.1, 0.15) is 24.6 Å². The highest BCUT2D eigenvalue weighted by molar-refractivity contribution is 6.32. The minimum atomic E-state index is -4.77. The summed E-state index contributed by atoms with van der Waals surface area (Å²) in [6.07, 6.45) is -4.97. The summed E-state index contributed by atoms with van der Waals surface area (Å²) < 4.78 is 57.6. The minimum Gasteiger partial charge on any atom is -0.457 e. The molecule has 0 aliphatic rings.